The van der Waals surface area contributed by atoms with E-state index in [1.54, 1.807) is 6.08 Å². The zero-order valence-corrected chi connectivity index (χ0v) is 45.0. The summed E-state index contributed by atoms with van der Waals surface area (Å²) in [4.78, 5) is 13.2. The largest absolute Gasteiger partial charge is 0.394 e. The molecule has 2 heterocycles. The van der Waals surface area contributed by atoms with Gasteiger partial charge in [-0.1, -0.05) is 238 Å². The highest BCUT2D eigenvalue weighted by molar-refractivity contribution is 5.76. The number of allylic oxidation sites excluding steroid dienone is 1. The maximum atomic E-state index is 13.2. The van der Waals surface area contributed by atoms with Crippen molar-refractivity contribution in [3.8, 4) is 0 Å². The number of ether oxygens (including phenoxy) is 4. The van der Waals surface area contributed by atoms with Gasteiger partial charge in [-0.25, -0.2) is 0 Å². The fourth-order valence-corrected chi connectivity index (χ4v) is 9.94. The third-order valence-corrected chi connectivity index (χ3v) is 14.7. The summed E-state index contributed by atoms with van der Waals surface area (Å²) in [7, 11) is 0. The minimum atomic E-state index is -1.78. The van der Waals surface area contributed by atoms with Gasteiger partial charge in [-0.15, -0.1) is 0 Å². The summed E-state index contributed by atoms with van der Waals surface area (Å²) in [5.74, 6) is -0.236. The minimum absolute atomic E-state index is 0.236. The fourth-order valence-electron chi connectivity index (χ4n) is 9.94. The fraction of sp³-hybridized carbons (Fsp3) is 0.947. The van der Waals surface area contributed by atoms with Gasteiger partial charge in [-0.2, -0.15) is 0 Å². The number of carbonyl (C=O) groups is 1. The molecule has 0 radical (unpaired) electrons. The first-order chi connectivity index (χ1) is 34.6. The summed E-state index contributed by atoms with van der Waals surface area (Å²) in [6, 6.07) is -0.908. The Morgan fingerprint density at radius 2 is 0.873 bits per heavy atom. The van der Waals surface area contributed by atoms with Crippen LogP contribution in [-0.2, 0) is 23.7 Å². The van der Waals surface area contributed by atoms with E-state index in [4.69, 9.17) is 18.9 Å². The van der Waals surface area contributed by atoms with Crippen molar-refractivity contribution in [2.75, 3.05) is 19.8 Å². The molecule has 2 rings (SSSR count). The highest BCUT2D eigenvalue weighted by Crippen LogP contribution is 2.30. The first kappa shape index (κ1) is 65.8. The van der Waals surface area contributed by atoms with Crippen LogP contribution in [0.3, 0.4) is 0 Å². The van der Waals surface area contributed by atoms with E-state index in [1.807, 2.05) is 6.08 Å². The lowest BCUT2D eigenvalue weighted by Crippen LogP contribution is -2.65. The Hall–Kier alpha value is -1.27. The van der Waals surface area contributed by atoms with Crippen LogP contribution in [0, 0.1) is 0 Å². The number of carbonyl (C=O) groups excluding carboxylic acids is 1. The molecule has 2 aliphatic rings. The first-order valence-corrected chi connectivity index (χ1v) is 29.4. The average molecular weight is 1020 g/mol. The lowest BCUT2D eigenvalue weighted by Gasteiger charge is -2.46. The highest BCUT2D eigenvalue weighted by atomic mass is 16.7. The van der Waals surface area contributed by atoms with Gasteiger partial charge in [-0.05, 0) is 19.3 Å². The number of hydrogen-bond acceptors (Lipinski definition) is 13. The topological polar surface area (TPSA) is 228 Å². The number of hydrogen-bond donors (Lipinski definition) is 9. The second-order valence-electron chi connectivity index (χ2n) is 21.1. The lowest BCUT2D eigenvalue weighted by atomic mass is 9.97. The molecule has 14 heteroatoms. The lowest BCUT2D eigenvalue weighted by molar-refractivity contribution is -0.359. The van der Waals surface area contributed by atoms with Crippen LogP contribution in [-0.4, -0.2) is 140 Å². The molecule has 0 aromatic rings. The number of nitrogens with one attached hydrogen (secondary N) is 1. The van der Waals surface area contributed by atoms with Crippen LogP contribution in [0.5, 0.6) is 0 Å². The van der Waals surface area contributed by atoms with Crippen LogP contribution in [0.1, 0.15) is 251 Å². The minimum Gasteiger partial charge on any atom is -0.394 e. The van der Waals surface area contributed by atoms with E-state index in [9.17, 15) is 45.6 Å². The Labute approximate surface area is 431 Å². The maximum Gasteiger partial charge on any atom is 0.220 e. The molecule has 0 aromatic heterocycles. The van der Waals surface area contributed by atoms with Crippen LogP contribution >= 0.6 is 0 Å². The van der Waals surface area contributed by atoms with Gasteiger partial charge < -0.3 is 65.1 Å². The van der Waals surface area contributed by atoms with E-state index in [1.165, 1.54) is 186 Å². The summed E-state index contributed by atoms with van der Waals surface area (Å²) < 4.78 is 22.7. The molecule has 420 valence electrons. The summed E-state index contributed by atoms with van der Waals surface area (Å²) in [6.07, 6.45) is 32.8. The molecule has 2 saturated heterocycles. The van der Waals surface area contributed by atoms with Crippen molar-refractivity contribution in [3.63, 3.8) is 0 Å². The molecule has 0 spiro atoms. The number of unbranched alkanes of at least 4 members (excludes halogenated alkanes) is 34. The van der Waals surface area contributed by atoms with Crippen molar-refractivity contribution in [1.29, 1.82) is 0 Å². The summed E-state index contributed by atoms with van der Waals surface area (Å²) in [5.41, 5.74) is 0. The van der Waals surface area contributed by atoms with E-state index in [0.29, 0.717) is 6.42 Å². The van der Waals surface area contributed by atoms with Crippen molar-refractivity contribution in [2.45, 2.75) is 325 Å². The Kier molecular flexibility index (Phi) is 40.7. The Morgan fingerprint density at radius 3 is 1.30 bits per heavy atom. The van der Waals surface area contributed by atoms with Gasteiger partial charge in [0.05, 0.1) is 32.0 Å². The quantitative estimate of drug-likeness (QED) is 0.0205. The van der Waals surface area contributed by atoms with Gasteiger partial charge in [0.1, 0.15) is 48.8 Å². The molecule has 14 nitrogen and oxygen atoms in total. The molecule has 0 aromatic carbocycles. The number of amides is 1. The van der Waals surface area contributed by atoms with Crippen molar-refractivity contribution >= 4 is 5.91 Å². The molecule has 12 atom stereocenters. The standard InChI is InChI=1S/C57H109NO13/c1-3-5-7-9-11-13-15-16-17-18-19-20-21-22-23-24-25-26-27-28-29-30-31-33-35-37-39-41-49(62)58-45(46(61)40-38-36-34-32-14-12-10-8-6-4-2)44-68-56-54(67)52(65)55(48(43-60)70-56)71-57-53(66)51(64)50(63)47(42-59)69-57/h38,40,45-48,50-57,59-61,63-67H,3-37,39,41-44H2,1-2H3,(H,58,62)/b40-38+/t45-,46+,47+,48+,50-,51?,52?,53?,54?,55+,56+,57-/m0/s1. The van der Waals surface area contributed by atoms with Gasteiger partial charge in [0, 0.05) is 6.42 Å². The number of aliphatic hydroxyl groups excluding tert-OH is 8. The molecule has 71 heavy (non-hydrogen) atoms. The normalized spacial score (nSPS) is 25.8. The molecule has 0 bridgehead atoms. The van der Waals surface area contributed by atoms with Crippen LogP contribution in [0.4, 0.5) is 0 Å². The van der Waals surface area contributed by atoms with Crippen molar-refractivity contribution in [2.24, 2.45) is 0 Å². The van der Waals surface area contributed by atoms with Gasteiger partial charge in [0.2, 0.25) is 5.91 Å². The zero-order valence-electron chi connectivity index (χ0n) is 45.0. The second kappa shape index (κ2) is 43.9. The molecule has 0 aliphatic carbocycles. The molecule has 4 unspecified atom stereocenters. The van der Waals surface area contributed by atoms with Crippen LogP contribution in [0.2, 0.25) is 0 Å². The molecule has 1 amide bonds. The van der Waals surface area contributed by atoms with E-state index in [0.717, 1.165) is 38.5 Å². The van der Waals surface area contributed by atoms with Gasteiger partial charge in [0.15, 0.2) is 12.6 Å². The van der Waals surface area contributed by atoms with E-state index in [-0.39, 0.29) is 18.9 Å². The van der Waals surface area contributed by atoms with Crippen LogP contribution in [0.25, 0.3) is 0 Å². The Balaban J connectivity index is 1.66. The number of aliphatic hydroxyl groups is 8. The Bertz CT molecular complexity index is 1240. The molecule has 2 aliphatic heterocycles. The predicted octanol–water partition coefficient (Wildman–Crippen LogP) is 9.50. The average Bonchev–Trinajstić information content (AvgIpc) is 3.37. The first-order valence-electron chi connectivity index (χ1n) is 29.4. The summed E-state index contributed by atoms with van der Waals surface area (Å²) in [6.45, 7) is 2.79. The zero-order chi connectivity index (χ0) is 51.7. The second-order valence-corrected chi connectivity index (χ2v) is 21.1. The van der Waals surface area contributed by atoms with Gasteiger partial charge in [0.25, 0.3) is 0 Å². The molecule has 0 saturated carbocycles. The SMILES string of the molecule is CCCCCCCCCC/C=C/[C@@H](O)[C@H](CO[C@@H]1O[C@H](CO)[C@@H](O[C@@H]2O[C@H](CO)[C@H](O)C(O)C2O)C(O)C1O)NC(=O)CCCCCCCCCCCCCCCCCCCCCCCCCCCCC. The van der Waals surface area contributed by atoms with Crippen molar-refractivity contribution in [1.82, 2.24) is 5.32 Å². The van der Waals surface area contributed by atoms with Crippen LogP contribution in [0.15, 0.2) is 12.2 Å². The molecule has 9 N–H and O–H groups in total. The van der Waals surface area contributed by atoms with Crippen molar-refractivity contribution in [3.05, 3.63) is 12.2 Å². The van der Waals surface area contributed by atoms with Gasteiger partial charge >= 0.3 is 0 Å². The Morgan fingerprint density at radius 1 is 0.493 bits per heavy atom. The summed E-state index contributed by atoms with van der Waals surface area (Å²) in [5, 5.41) is 86.8. The third-order valence-electron chi connectivity index (χ3n) is 14.7. The third kappa shape index (κ3) is 30.2. The number of rotatable bonds is 47. The van der Waals surface area contributed by atoms with Gasteiger partial charge in [-0.3, -0.25) is 4.79 Å². The summed E-state index contributed by atoms with van der Waals surface area (Å²) >= 11 is 0. The van der Waals surface area contributed by atoms with Crippen molar-refractivity contribution < 1.29 is 64.6 Å². The molecular weight excluding hydrogens is 907 g/mol. The van der Waals surface area contributed by atoms with Crippen LogP contribution < -0.4 is 5.32 Å². The highest BCUT2D eigenvalue weighted by Gasteiger charge is 2.51. The monoisotopic (exact) mass is 1020 g/mol. The van der Waals surface area contributed by atoms with E-state index in [2.05, 4.69) is 19.2 Å². The predicted molar refractivity (Wildman–Crippen MR) is 282 cm³/mol. The van der Waals surface area contributed by atoms with E-state index < -0.39 is 86.8 Å². The molecular formula is C57H109NO13. The smallest absolute Gasteiger partial charge is 0.220 e. The maximum absolute atomic E-state index is 13.2. The molecule has 2 fully saturated rings. The van der Waals surface area contributed by atoms with E-state index >= 15 is 0 Å².